The topological polar surface area (TPSA) is 66.4 Å². The summed E-state index contributed by atoms with van der Waals surface area (Å²) >= 11 is 3.37. The maximum absolute atomic E-state index is 12.5. The lowest BCUT2D eigenvalue weighted by Crippen LogP contribution is -2.38. The molecule has 112 valence electrons. The third-order valence-corrected chi connectivity index (χ3v) is 5.83. The van der Waals surface area contributed by atoms with E-state index in [2.05, 4.69) is 20.7 Å². The standard InChI is InChI=1S/C14H20BrNO3S/c1-2-10-9-11(15)3-8-14(10)20(18,19)16-12-4-6-13(17)7-5-12/h3,8-9,12-13,16-17H,2,4-7H2,1H3/t12-,13-. The van der Waals surface area contributed by atoms with E-state index in [0.717, 1.165) is 10.0 Å². The minimum Gasteiger partial charge on any atom is -0.393 e. The molecule has 0 saturated heterocycles. The largest absolute Gasteiger partial charge is 0.393 e. The van der Waals surface area contributed by atoms with Gasteiger partial charge < -0.3 is 5.11 Å². The van der Waals surface area contributed by atoms with Crippen molar-refractivity contribution < 1.29 is 13.5 Å². The number of nitrogens with one attached hydrogen (secondary N) is 1. The predicted octanol–water partition coefficient (Wildman–Crippen LogP) is 2.59. The molecule has 0 bridgehead atoms. The van der Waals surface area contributed by atoms with Crippen LogP contribution in [0.4, 0.5) is 0 Å². The molecule has 1 fully saturated rings. The normalized spacial score (nSPS) is 23.8. The summed E-state index contributed by atoms with van der Waals surface area (Å²) in [5.74, 6) is 0. The van der Waals surface area contributed by atoms with Crippen LogP contribution >= 0.6 is 15.9 Å². The van der Waals surface area contributed by atoms with Gasteiger partial charge in [0.2, 0.25) is 10.0 Å². The number of aliphatic hydroxyl groups excluding tert-OH is 1. The van der Waals surface area contributed by atoms with Crippen molar-refractivity contribution in [2.45, 2.75) is 56.1 Å². The van der Waals surface area contributed by atoms with Gasteiger partial charge in [-0.2, -0.15) is 0 Å². The molecular formula is C14H20BrNO3S. The summed E-state index contributed by atoms with van der Waals surface area (Å²) < 4.78 is 28.6. The zero-order valence-corrected chi connectivity index (χ0v) is 13.9. The maximum atomic E-state index is 12.5. The van der Waals surface area contributed by atoms with Crippen LogP contribution < -0.4 is 4.72 Å². The number of sulfonamides is 1. The Balaban J connectivity index is 2.18. The maximum Gasteiger partial charge on any atom is 0.241 e. The van der Waals surface area contributed by atoms with Crippen molar-refractivity contribution >= 4 is 26.0 Å². The Morgan fingerprint density at radius 1 is 1.30 bits per heavy atom. The van der Waals surface area contributed by atoms with Gasteiger partial charge in [-0.05, 0) is 55.9 Å². The summed E-state index contributed by atoms with van der Waals surface area (Å²) in [6.45, 7) is 1.94. The molecule has 0 amide bonds. The number of halogens is 1. The van der Waals surface area contributed by atoms with Crippen LogP contribution in [0.15, 0.2) is 27.6 Å². The first-order chi connectivity index (χ1) is 9.42. The third-order valence-electron chi connectivity index (χ3n) is 3.71. The van der Waals surface area contributed by atoms with Gasteiger partial charge in [0.05, 0.1) is 11.0 Å². The molecule has 2 rings (SSSR count). The molecule has 0 atom stereocenters. The number of benzene rings is 1. The van der Waals surface area contributed by atoms with E-state index >= 15 is 0 Å². The summed E-state index contributed by atoms with van der Waals surface area (Å²) in [5.41, 5.74) is 0.808. The van der Waals surface area contributed by atoms with Gasteiger partial charge in [0, 0.05) is 10.5 Å². The van der Waals surface area contributed by atoms with Gasteiger partial charge in [-0.3, -0.25) is 0 Å². The Labute approximate surface area is 128 Å². The molecule has 0 unspecified atom stereocenters. The zero-order valence-electron chi connectivity index (χ0n) is 11.5. The Morgan fingerprint density at radius 3 is 2.55 bits per heavy atom. The molecule has 4 nitrogen and oxygen atoms in total. The average Bonchev–Trinajstić information content (AvgIpc) is 2.40. The lowest BCUT2D eigenvalue weighted by molar-refractivity contribution is 0.120. The van der Waals surface area contributed by atoms with Crippen molar-refractivity contribution in [3.05, 3.63) is 28.2 Å². The molecule has 0 aliphatic heterocycles. The summed E-state index contributed by atoms with van der Waals surface area (Å²) in [6, 6.07) is 5.16. The van der Waals surface area contributed by atoms with Gasteiger partial charge in [-0.25, -0.2) is 13.1 Å². The van der Waals surface area contributed by atoms with Crippen molar-refractivity contribution in [3.8, 4) is 0 Å². The van der Waals surface area contributed by atoms with Crippen LogP contribution in [0.3, 0.4) is 0 Å². The first-order valence-electron chi connectivity index (χ1n) is 6.91. The summed E-state index contributed by atoms with van der Waals surface area (Å²) in [5, 5.41) is 9.47. The molecular weight excluding hydrogens is 342 g/mol. The lowest BCUT2D eigenvalue weighted by atomic mass is 9.94. The van der Waals surface area contributed by atoms with E-state index in [4.69, 9.17) is 0 Å². The van der Waals surface area contributed by atoms with Crippen LogP contribution in [0.2, 0.25) is 0 Å². The third kappa shape index (κ3) is 3.81. The van der Waals surface area contributed by atoms with Crippen LogP contribution in [0.1, 0.15) is 38.2 Å². The fourth-order valence-electron chi connectivity index (χ4n) is 2.56. The minimum atomic E-state index is -3.49. The molecule has 1 aromatic carbocycles. The van der Waals surface area contributed by atoms with E-state index < -0.39 is 10.0 Å². The van der Waals surface area contributed by atoms with Gasteiger partial charge >= 0.3 is 0 Å². The van der Waals surface area contributed by atoms with Crippen LogP contribution in [0, 0.1) is 0 Å². The van der Waals surface area contributed by atoms with Crippen LogP contribution in [0.25, 0.3) is 0 Å². The van der Waals surface area contributed by atoms with Crippen molar-refractivity contribution in [1.82, 2.24) is 4.72 Å². The second-order valence-electron chi connectivity index (χ2n) is 5.23. The van der Waals surface area contributed by atoms with Crippen LogP contribution in [0.5, 0.6) is 0 Å². The van der Waals surface area contributed by atoms with E-state index in [-0.39, 0.29) is 12.1 Å². The van der Waals surface area contributed by atoms with Gasteiger partial charge in [-0.1, -0.05) is 22.9 Å². The molecule has 1 saturated carbocycles. The molecule has 1 aliphatic carbocycles. The molecule has 20 heavy (non-hydrogen) atoms. The summed E-state index contributed by atoms with van der Waals surface area (Å²) in [4.78, 5) is 0.356. The minimum absolute atomic E-state index is 0.0725. The predicted molar refractivity (Wildman–Crippen MR) is 82.1 cm³/mol. The van der Waals surface area contributed by atoms with E-state index in [9.17, 15) is 13.5 Å². The number of aryl methyl sites for hydroxylation is 1. The number of rotatable bonds is 4. The smallest absolute Gasteiger partial charge is 0.241 e. The zero-order chi connectivity index (χ0) is 14.8. The second-order valence-corrected chi connectivity index (χ2v) is 7.83. The van der Waals surface area contributed by atoms with E-state index in [1.807, 2.05) is 13.0 Å². The van der Waals surface area contributed by atoms with Gasteiger partial charge in [0.15, 0.2) is 0 Å². The SMILES string of the molecule is CCc1cc(Br)ccc1S(=O)(=O)N[C@H]1CC[C@H](O)CC1. The summed E-state index contributed by atoms with van der Waals surface area (Å²) in [6.07, 6.45) is 3.09. The molecule has 1 aliphatic rings. The highest BCUT2D eigenvalue weighted by atomic mass is 79.9. The molecule has 0 spiro atoms. The monoisotopic (exact) mass is 361 g/mol. The Morgan fingerprint density at radius 2 is 1.95 bits per heavy atom. The Hall–Kier alpha value is -0.430. The van der Waals surface area contributed by atoms with Crippen molar-refractivity contribution in [2.24, 2.45) is 0 Å². The van der Waals surface area contributed by atoms with Gasteiger partial charge in [0.1, 0.15) is 0 Å². The highest BCUT2D eigenvalue weighted by Gasteiger charge is 2.26. The highest BCUT2D eigenvalue weighted by molar-refractivity contribution is 9.10. The molecule has 1 aromatic rings. The van der Waals surface area contributed by atoms with E-state index in [0.29, 0.717) is 37.0 Å². The van der Waals surface area contributed by atoms with Crippen molar-refractivity contribution in [3.63, 3.8) is 0 Å². The highest BCUT2D eigenvalue weighted by Crippen LogP contribution is 2.24. The lowest BCUT2D eigenvalue weighted by Gasteiger charge is -2.26. The van der Waals surface area contributed by atoms with E-state index in [1.54, 1.807) is 12.1 Å². The van der Waals surface area contributed by atoms with Crippen molar-refractivity contribution in [2.75, 3.05) is 0 Å². The first-order valence-corrected chi connectivity index (χ1v) is 9.19. The Bertz CT molecular complexity index is 566. The second kappa shape index (κ2) is 6.56. The number of hydrogen-bond donors (Lipinski definition) is 2. The first kappa shape index (κ1) is 15.9. The van der Waals surface area contributed by atoms with Gasteiger partial charge in [-0.15, -0.1) is 0 Å². The Kier molecular flexibility index (Phi) is 5.23. The van der Waals surface area contributed by atoms with Crippen LogP contribution in [-0.2, 0) is 16.4 Å². The fourth-order valence-corrected chi connectivity index (χ4v) is 4.57. The number of aliphatic hydroxyl groups is 1. The number of hydrogen-bond acceptors (Lipinski definition) is 3. The molecule has 0 aromatic heterocycles. The molecule has 2 N–H and O–H groups in total. The molecule has 0 radical (unpaired) electrons. The van der Waals surface area contributed by atoms with Crippen LogP contribution in [-0.4, -0.2) is 25.7 Å². The molecule has 0 heterocycles. The van der Waals surface area contributed by atoms with Gasteiger partial charge in [0.25, 0.3) is 0 Å². The fraction of sp³-hybridized carbons (Fsp3) is 0.571. The molecule has 6 heteroatoms. The van der Waals surface area contributed by atoms with Crippen molar-refractivity contribution in [1.29, 1.82) is 0 Å². The van der Waals surface area contributed by atoms with E-state index in [1.165, 1.54) is 0 Å². The quantitative estimate of drug-likeness (QED) is 0.865. The average molecular weight is 362 g/mol. The summed E-state index contributed by atoms with van der Waals surface area (Å²) in [7, 11) is -3.49.